The van der Waals surface area contributed by atoms with Gasteiger partial charge < -0.3 is 10.1 Å². The Labute approximate surface area is 112 Å². The summed E-state index contributed by atoms with van der Waals surface area (Å²) in [7, 11) is 0. The van der Waals surface area contributed by atoms with E-state index in [-0.39, 0.29) is 0 Å². The van der Waals surface area contributed by atoms with Crippen molar-refractivity contribution in [1.82, 2.24) is 5.32 Å². The Morgan fingerprint density at radius 3 is 2.50 bits per heavy atom. The van der Waals surface area contributed by atoms with Crippen LogP contribution in [0.15, 0.2) is 18.2 Å². The fourth-order valence-corrected chi connectivity index (χ4v) is 1.84. The molecular formula is C16H27NO. The van der Waals surface area contributed by atoms with Gasteiger partial charge in [-0.25, -0.2) is 0 Å². The minimum Gasteiger partial charge on any atom is -0.493 e. The molecule has 18 heavy (non-hydrogen) atoms. The smallest absolute Gasteiger partial charge is 0.122 e. The molecule has 0 spiro atoms. The first-order valence-electron chi connectivity index (χ1n) is 7.01. The number of benzene rings is 1. The minimum atomic E-state index is 0.405. The summed E-state index contributed by atoms with van der Waals surface area (Å²) in [6.07, 6.45) is 1.17. The Balaban J connectivity index is 2.66. The van der Waals surface area contributed by atoms with Gasteiger partial charge in [0.1, 0.15) is 5.75 Å². The van der Waals surface area contributed by atoms with Gasteiger partial charge in [-0.3, -0.25) is 0 Å². The topological polar surface area (TPSA) is 21.3 Å². The van der Waals surface area contributed by atoms with Crippen molar-refractivity contribution in [3.05, 3.63) is 29.3 Å². The molecule has 1 unspecified atom stereocenters. The second-order valence-corrected chi connectivity index (χ2v) is 5.41. The number of hydrogen-bond donors (Lipinski definition) is 1. The van der Waals surface area contributed by atoms with Gasteiger partial charge in [-0.1, -0.05) is 32.9 Å². The van der Waals surface area contributed by atoms with E-state index in [1.165, 1.54) is 17.5 Å². The van der Waals surface area contributed by atoms with Crippen molar-refractivity contribution in [2.75, 3.05) is 13.2 Å². The van der Waals surface area contributed by atoms with Crippen molar-refractivity contribution in [3.8, 4) is 5.75 Å². The van der Waals surface area contributed by atoms with Gasteiger partial charge in [0.15, 0.2) is 0 Å². The fourth-order valence-electron chi connectivity index (χ4n) is 1.84. The average Bonchev–Trinajstić information content (AvgIpc) is 2.34. The molecule has 0 radical (unpaired) electrons. The largest absolute Gasteiger partial charge is 0.493 e. The quantitative estimate of drug-likeness (QED) is 0.786. The fraction of sp³-hybridized carbons (Fsp3) is 0.625. The first kappa shape index (κ1) is 15.0. The van der Waals surface area contributed by atoms with Crippen LogP contribution in [-0.2, 0) is 0 Å². The molecular weight excluding hydrogens is 222 g/mol. The first-order chi connectivity index (χ1) is 8.54. The second-order valence-electron chi connectivity index (χ2n) is 5.41. The van der Waals surface area contributed by atoms with Crippen LogP contribution >= 0.6 is 0 Å². The van der Waals surface area contributed by atoms with Gasteiger partial charge in [-0.15, -0.1) is 0 Å². The number of hydrogen-bond acceptors (Lipinski definition) is 2. The maximum Gasteiger partial charge on any atom is 0.122 e. The van der Waals surface area contributed by atoms with E-state index in [2.05, 4.69) is 58.1 Å². The van der Waals surface area contributed by atoms with E-state index in [0.717, 1.165) is 18.9 Å². The lowest BCUT2D eigenvalue weighted by molar-refractivity contribution is 0.269. The van der Waals surface area contributed by atoms with Crippen molar-refractivity contribution >= 4 is 0 Å². The number of ether oxygens (including phenoxy) is 1. The SMILES string of the molecule is CCCNC(C)c1ccc(OCC(C)C)c(C)c1. The van der Waals surface area contributed by atoms with E-state index in [1.807, 2.05) is 0 Å². The zero-order valence-corrected chi connectivity index (χ0v) is 12.4. The Morgan fingerprint density at radius 2 is 1.94 bits per heavy atom. The van der Waals surface area contributed by atoms with Crippen molar-refractivity contribution < 1.29 is 4.74 Å². The van der Waals surface area contributed by atoms with Gasteiger partial charge in [0, 0.05) is 6.04 Å². The predicted molar refractivity (Wildman–Crippen MR) is 78.2 cm³/mol. The van der Waals surface area contributed by atoms with E-state index in [0.29, 0.717) is 12.0 Å². The molecule has 0 saturated carbocycles. The summed E-state index contributed by atoms with van der Waals surface area (Å²) in [5.74, 6) is 1.57. The van der Waals surface area contributed by atoms with E-state index in [4.69, 9.17) is 4.74 Å². The lowest BCUT2D eigenvalue weighted by Crippen LogP contribution is -2.19. The van der Waals surface area contributed by atoms with E-state index in [9.17, 15) is 0 Å². The Morgan fingerprint density at radius 1 is 1.22 bits per heavy atom. The van der Waals surface area contributed by atoms with Crippen molar-refractivity contribution in [2.24, 2.45) is 5.92 Å². The van der Waals surface area contributed by atoms with Crippen LogP contribution in [0.2, 0.25) is 0 Å². The van der Waals surface area contributed by atoms with Crippen LogP contribution in [-0.4, -0.2) is 13.2 Å². The monoisotopic (exact) mass is 249 g/mol. The van der Waals surface area contributed by atoms with Gasteiger partial charge in [-0.2, -0.15) is 0 Å². The average molecular weight is 249 g/mol. The minimum absolute atomic E-state index is 0.405. The molecule has 0 aliphatic carbocycles. The summed E-state index contributed by atoms with van der Waals surface area (Å²) in [5, 5.41) is 3.50. The molecule has 0 aliphatic heterocycles. The summed E-state index contributed by atoms with van der Waals surface area (Å²) in [5.41, 5.74) is 2.55. The predicted octanol–water partition coefficient (Wildman–Crippen LogP) is 4.09. The van der Waals surface area contributed by atoms with Gasteiger partial charge in [0.05, 0.1) is 6.61 Å². The van der Waals surface area contributed by atoms with Crippen LogP contribution in [0, 0.1) is 12.8 Å². The lowest BCUT2D eigenvalue weighted by Gasteiger charge is -2.16. The second kappa shape index (κ2) is 7.42. The molecule has 2 nitrogen and oxygen atoms in total. The Hall–Kier alpha value is -1.02. The molecule has 0 heterocycles. The summed E-state index contributed by atoms with van der Waals surface area (Å²) < 4.78 is 5.79. The van der Waals surface area contributed by atoms with Crippen LogP contribution in [0.1, 0.15) is 51.3 Å². The number of aryl methyl sites for hydroxylation is 1. The summed E-state index contributed by atoms with van der Waals surface area (Å²) in [4.78, 5) is 0. The highest BCUT2D eigenvalue weighted by Gasteiger charge is 2.07. The molecule has 1 aromatic rings. The summed E-state index contributed by atoms with van der Waals surface area (Å²) >= 11 is 0. The summed E-state index contributed by atoms with van der Waals surface area (Å²) in [6.45, 7) is 12.7. The molecule has 1 rings (SSSR count). The van der Waals surface area contributed by atoms with Crippen molar-refractivity contribution in [3.63, 3.8) is 0 Å². The van der Waals surface area contributed by atoms with Crippen molar-refractivity contribution in [1.29, 1.82) is 0 Å². The maximum absolute atomic E-state index is 5.79. The van der Waals surface area contributed by atoms with E-state index < -0.39 is 0 Å². The molecule has 1 aromatic carbocycles. The zero-order valence-electron chi connectivity index (χ0n) is 12.4. The molecule has 0 amide bonds. The molecule has 0 aromatic heterocycles. The number of rotatable bonds is 7. The third kappa shape index (κ3) is 4.69. The van der Waals surface area contributed by atoms with Gasteiger partial charge in [-0.05, 0) is 49.9 Å². The molecule has 0 aliphatic rings. The lowest BCUT2D eigenvalue weighted by atomic mass is 10.0. The highest BCUT2D eigenvalue weighted by atomic mass is 16.5. The third-order valence-electron chi connectivity index (χ3n) is 2.97. The van der Waals surface area contributed by atoms with Crippen LogP contribution in [0.3, 0.4) is 0 Å². The van der Waals surface area contributed by atoms with Gasteiger partial charge in [0.25, 0.3) is 0 Å². The van der Waals surface area contributed by atoms with Crippen LogP contribution in [0.4, 0.5) is 0 Å². The molecule has 0 saturated heterocycles. The molecule has 0 bridgehead atoms. The van der Waals surface area contributed by atoms with Crippen LogP contribution in [0.25, 0.3) is 0 Å². The van der Waals surface area contributed by atoms with Gasteiger partial charge in [0.2, 0.25) is 0 Å². The molecule has 102 valence electrons. The molecule has 0 fully saturated rings. The Kier molecular flexibility index (Phi) is 6.20. The normalized spacial score (nSPS) is 12.8. The molecule has 1 N–H and O–H groups in total. The van der Waals surface area contributed by atoms with E-state index in [1.54, 1.807) is 0 Å². The van der Waals surface area contributed by atoms with Crippen LogP contribution < -0.4 is 10.1 Å². The third-order valence-corrected chi connectivity index (χ3v) is 2.97. The van der Waals surface area contributed by atoms with Crippen LogP contribution in [0.5, 0.6) is 5.75 Å². The first-order valence-corrected chi connectivity index (χ1v) is 7.01. The molecule has 2 heteroatoms. The van der Waals surface area contributed by atoms with Crippen molar-refractivity contribution in [2.45, 2.75) is 47.1 Å². The molecule has 1 atom stereocenters. The van der Waals surface area contributed by atoms with E-state index >= 15 is 0 Å². The highest BCUT2D eigenvalue weighted by molar-refractivity contribution is 5.37. The highest BCUT2D eigenvalue weighted by Crippen LogP contribution is 2.23. The standard InChI is InChI=1S/C16H27NO/c1-6-9-17-14(5)15-7-8-16(13(4)10-15)18-11-12(2)3/h7-8,10,12,14,17H,6,9,11H2,1-5H3. The zero-order chi connectivity index (χ0) is 13.5. The summed E-state index contributed by atoms with van der Waals surface area (Å²) in [6, 6.07) is 6.89. The Bertz CT molecular complexity index is 360. The van der Waals surface area contributed by atoms with Gasteiger partial charge >= 0.3 is 0 Å². The maximum atomic E-state index is 5.79. The number of nitrogens with one attached hydrogen (secondary N) is 1.